The van der Waals surface area contributed by atoms with Gasteiger partial charge in [-0.2, -0.15) is 0 Å². The Hall–Kier alpha value is -3.91. The normalized spacial score (nSPS) is 39.5. The van der Waals surface area contributed by atoms with Crippen molar-refractivity contribution in [3.05, 3.63) is 0 Å². The summed E-state index contributed by atoms with van der Waals surface area (Å²) < 4.78 is 62.8. The highest BCUT2D eigenvalue weighted by molar-refractivity contribution is 5.77. The molecule has 0 radical (unpaired) electrons. The molecule has 14 heterocycles. The number of rotatable bonds is 0. The van der Waals surface area contributed by atoms with E-state index in [4.69, 9.17) is 56.8 Å². The van der Waals surface area contributed by atoms with Crippen molar-refractivity contribution >= 4 is 41.8 Å². The summed E-state index contributed by atoms with van der Waals surface area (Å²) in [7, 11) is 0. The van der Waals surface area contributed by atoms with Crippen molar-refractivity contribution in [2.24, 2.45) is 76.9 Å². The van der Waals surface area contributed by atoms with Crippen LogP contribution in [0, 0.1) is 76.9 Å². The lowest BCUT2D eigenvalue weighted by atomic mass is 9.68. The number of esters is 7. The number of fused-ring (bicyclic) bond motifs is 13. The Morgan fingerprint density at radius 3 is 1.60 bits per heavy atom. The fourth-order valence-corrected chi connectivity index (χ4v) is 17.8. The average molecular weight is 1330 g/mol. The van der Waals surface area contributed by atoms with Gasteiger partial charge in [0.1, 0.15) is 17.8 Å². The van der Waals surface area contributed by atoms with Crippen molar-refractivity contribution in [1.82, 2.24) is 0 Å². The van der Waals surface area contributed by atoms with Crippen molar-refractivity contribution in [2.45, 2.75) is 326 Å². The van der Waals surface area contributed by atoms with E-state index in [1.54, 1.807) is 0 Å². The third-order valence-corrected chi connectivity index (χ3v) is 21.4. The van der Waals surface area contributed by atoms with Crippen LogP contribution in [-0.2, 0) is 90.4 Å². The lowest BCUT2D eigenvalue weighted by Gasteiger charge is -2.35. The van der Waals surface area contributed by atoms with Gasteiger partial charge in [-0.05, 0) is 164 Å². The molecule has 0 aromatic heterocycles. The predicted molar refractivity (Wildman–Crippen MR) is 356 cm³/mol. The minimum absolute atomic E-state index is 0.00463. The molecule has 20 fully saturated rings. The molecule has 19 nitrogen and oxygen atoms in total. The summed E-state index contributed by atoms with van der Waals surface area (Å²) in [6, 6.07) is 0. The lowest BCUT2D eigenvalue weighted by Crippen LogP contribution is -2.41. The smallest absolute Gasteiger partial charge is 0.312 e. The van der Waals surface area contributed by atoms with Gasteiger partial charge in [0.25, 0.3) is 0 Å². The minimum atomic E-state index is -0.326. The van der Waals surface area contributed by atoms with E-state index in [0.717, 1.165) is 120 Å². The van der Waals surface area contributed by atoms with E-state index in [9.17, 15) is 33.6 Å². The van der Waals surface area contributed by atoms with Gasteiger partial charge >= 0.3 is 41.8 Å². The number of carbonyl (C=O) groups is 7. The minimum Gasteiger partial charge on any atom is -0.465 e. The van der Waals surface area contributed by atoms with Gasteiger partial charge in [0, 0.05) is 18.3 Å². The molecule has 0 aromatic rings. The number of ether oxygens (including phenoxy) is 12. The standard InChI is InChI=1S/C10H14O2.C9H12O2.C9H14O2.2C8H10O3.C8H12O2.C7H8O5.8C2H6/c11-10-8-2-6-1-7(3-8)5-9(4-6)12-10;10-9-8-3-5-1-6(4-11-9)7(8)2-5;10-8-4-7-9(11-8)5-2-1-3-6-9;9-8-6-2-5-1-4(3-10-8)7(6)11-5;9-8-7-4(3-10-8)5-1-2-6(7)11-5;9-8-7-3-1-2-6(4-7)5-10-8;8-4-1-3-5(12-4)6-7(11-3)10-2-9-6;8*1-2/h6-9H,1-5H2;5-8H,1-4H2;1-7H2;2*4-7H,1-3H2;6-7H,1-5H2;3,5-7H,1-2H2;8*1-2H3. The molecule has 20 aliphatic rings. The van der Waals surface area contributed by atoms with E-state index in [1.807, 2.05) is 111 Å². The van der Waals surface area contributed by atoms with Crippen molar-refractivity contribution in [2.75, 3.05) is 33.2 Å². The van der Waals surface area contributed by atoms with Crippen LogP contribution >= 0.6 is 0 Å². The van der Waals surface area contributed by atoms with Crippen LogP contribution in [0.1, 0.15) is 265 Å². The van der Waals surface area contributed by atoms with Crippen LogP contribution in [0.4, 0.5) is 0 Å². The van der Waals surface area contributed by atoms with Crippen molar-refractivity contribution in [3.63, 3.8) is 0 Å². The fourth-order valence-electron chi connectivity index (χ4n) is 17.8. The van der Waals surface area contributed by atoms with Gasteiger partial charge in [-0.15, -0.1) is 0 Å². The first-order chi connectivity index (χ1) is 45.9. The topological polar surface area (TPSA) is 230 Å². The summed E-state index contributed by atoms with van der Waals surface area (Å²) in [4.78, 5) is 77.7. The van der Waals surface area contributed by atoms with Crippen molar-refractivity contribution in [3.8, 4) is 0 Å². The molecular formula is C75H128O19. The summed E-state index contributed by atoms with van der Waals surface area (Å²) in [5, 5.41) is 0. The molecule has 94 heavy (non-hydrogen) atoms. The van der Waals surface area contributed by atoms with Crippen LogP contribution in [0.3, 0.4) is 0 Å². The van der Waals surface area contributed by atoms with Crippen LogP contribution in [0.2, 0.25) is 0 Å². The zero-order chi connectivity index (χ0) is 69.2. The van der Waals surface area contributed by atoms with Gasteiger partial charge in [-0.3, -0.25) is 33.6 Å². The molecule has 0 aromatic carbocycles. The van der Waals surface area contributed by atoms with Crippen LogP contribution in [0.15, 0.2) is 0 Å². The summed E-state index contributed by atoms with van der Waals surface area (Å²) in [5.74, 6) is 6.49. The molecule has 0 amide bonds. The Kier molecular flexibility index (Phi) is 35.1. The highest BCUT2D eigenvalue weighted by Crippen LogP contribution is 2.55. The number of hydrogen-bond acceptors (Lipinski definition) is 19. The summed E-state index contributed by atoms with van der Waals surface area (Å²) in [6.07, 6.45) is 26.9. The molecule has 6 saturated carbocycles. The maximum Gasteiger partial charge on any atom is 0.312 e. The second-order valence-electron chi connectivity index (χ2n) is 26.4. The maximum atomic E-state index is 11.4. The van der Waals surface area contributed by atoms with Crippen LogP contribution in [-0.4, -0.2) is 136 Å². The van der Waals surface area contributed by atoms with Gasteiger partial charge in [0.2, 0.25) is 0 Å². The molecule has 6 aliphatic carbocycles. The molecule has 20 atom stereocenters. The first-order valence-corrected chi connectivity index (χ1v) is 38.4. The second-order valence-corrected chi connectivity index (χ2v) is 26.4. The third kappa shape index (κ3) is 20.2. The molecule has 542 valence electrons. The molecule has 12 bridgehead atoms. The Labute approximate surface area is 565 Å². The number of hydrogen-bond donors (Lipinski definition) is 0. The third-order valence-electron chi connectivity index (χ3n) is 21.4. The first-order valence-electron chi connectivity index (χ1n) is 38.4. The largest absolute Gasteiger partial charge is 0.465 e. The summed E-state index contributed by atoms with van der Waals surface area (Å²) in [6.45, 7) is 34.8. The quantitative estimate of drug-likeness (QED) is 0.162. The van der Waals surface area contributed by atoms with Gasteiger partial charge in [-0.25, -0.2) is 0 Å². The van der Waals surface area contributed by atoms with E-state index in [0.29, 0.717) is 74.5 Å². The average Bonchev–Trinajstić information content (AvgIpc) is 1.64. The monoisotopic (exact) mass is 1330 g/mol. The summed E-state index contributed by atoms with van der Waals surface area (Å²) in [5.41, 5.74) is -0.00463. The van der Waals surface area contributed by atoms with Crippen LogP contribution in [0.25, 0.3) is 0 Å². The molecule has 14 saturated heterocycles. The molecule has 0 N–H and O–H groups in total. The molecule has 14 aliphatic heterocycles. The predicted octanol–water partition coefficient (Wildman–Crippen LogP) is 14.6. The van der Waals surface area contributed by atoms with E-state index < -0.39 is 0 Å². The second kappa shape index (κ2) is 40.9. The number of carbonyl (C=O) groups excluding carboxylic acids is 7. The highest BCUT2D eigenvalue weighted by Gasteiger charge is 2.58. The van der Waals surface area contributed by atoms with Crippen LogP contribution < -0.4 is 0 Å². The Morgan fingerprint density at radius 2 is 0.989 bits per heavy atom. The van der Waals surface area contributed by atoms with Gasteiger partial charge in [-0.1, -0.05) is 124 Å². The fraction of sp³-hybridized carbons (Fsp3) is 0.907. The lowest BCUT2D eigenvalue weighted by molar-refractivity contribution is -0.161. The Balaban J connectivity index is 0.000000192. The van der Waals surface area contributed by atoms with E-state index in [2.05, 4.69) is 0 Å². The maximum absolute atomic E-state index is 11.4. The molecule has 19 heteroatoms. The van der Waals surface area contributed by atoms with Crippen LogP contribution in [0.5, 0.6) is 0 Å². The van der Waals surface area contributed by atoms with Gasteiger partial charge in [0.05, 0.1) is 86.9 Å². The molecule has 1 spiro atoms. The highest BCUT2D eigenvalue weighted by atomic mass is 16.8. The van der Waals surface area contributed by atoms with Gasteiger partial charge < -0.3 is 56.8 Å². The van der Waals surface area contributed by atoms with Crippen molar-refractivity contribution < 1.29 is 90.4 Å². The van der Waals surface area contributed by atoms with Crippen molar-refractivity contribution in [1.29, 1.82) is 0 Å². The van der Waals surface area contributed by atoms with E-state index >= 15 is 0 Å². The zero-order valence-electron chi connectivity index (χ0n) is 61.0. The van der Waals surface area contributed by atoms with Gasteiger partial charge in [0.15, 0.2) is 25.3 Å². The molecule has 20 rings (SSSR count). The van der Waals surface area contributed by atoms with E-state index in [-0.39, 0.29) is 121 Å². The zero-order valence-corrected chi connectivity index (χ0v) is 61.0. The SMILES string of the molecule is CC.CC.CC.CC.CC.CC.CC.CC.O=C1CC2OC3OCOC3C2O1.O=C1CCC2(CCCCC2)O1.O=C1OC2CC3CC(C2)CC1C3.O=C1OCC2C3CCC(O3)C12.O=C1OCC2CC3CC1C2C3.O=C1OCC2CC3CC1C2O3.O=C1OCC2CCCC1C2. The van der Waals surface area contributed by atoms with E-state index in [1.165, 1.54) is 51.4 Å². The Morgan fingerprint density at radius 1 is 0.372 bits per heavy atom. The Bertz CT molecular complexity index is 2230. The summed E-state index contributed by atoms with van der Waals surface area (Å²) >= 11 is 0. The number of cyclic esters (lactones) is 4. The molecular weight excluding hydrogens is 1200 g/mol. The first kappa shape index (κ1) is 80.8. The molecule has 20 unspecified atom stereocenters.